The molecule has 160 valence electrons. The van der Waals surface area contributed by atoms with E-state index in [1.165, 1.54) is 121 Å². The molecule has 2 rings (SSSR count). The van der Waals surface area contributed by atoms with Gasteiger partial charge in [0.2, 0.25) is 0 Å². The van der Waals surface area contributed by atoms with Gasteiger partial charge in [-0.3, -0.25) is 0 Å². The first-order valence-corrected chi connectivity index (χ1v) is 13.1. The maximum atomic E-state index is 2.34. The maximum absolute atomic E-state index is 2.34. The Bertz CT molecular complexity index is 344. The highest BCUT2D eigenvalue weighted by Gasteiger charge is 2.30. The second kappa shape index (κ2) is 14.0. The third-order valence-electron chi connectivity index (χ3n) is 7.95. The summed E-state index contributed by atoms with van der Waals surface area (Å²) < 4.78 is 1.49. The molecule has 0 bridgehead atoms. The first kappa shape index (κ1) is 23.2. The van der Waals surface area contributed by atoms with Crippen LogP contribution >= 0.6 is 0 Å². The largest absolute Gasteiger partial charge is 0.324 e. The lowest BCUT2D eigenvalue weighted by molar-refractivity contribution is -0.917. The molecule has 0 aromatic rings. The molecule has 0 aromatic carbocycles. The molecular weight excluding hydrogens is 326 g/mol. The lowest BCUT2D eigenvalue weighted by Gasteiger charge is -2.35. The van der Waals surface area contributed by atoms with E-state index in [2.05, 4.69) is 13.8 Å². The topological polar surface area (TPSA) is 0 Å². The van der Waals surface area contributed by atoms with Crippen LogP contribution < -0.4 is 0 Å². The molecule has 0 radical (unpaired) electrons. The molecule has 2 fully saturated rings. The maximum Gasteiger partial charge on any atom is 0.0788 e. The lowest BCUT2D eigenvalue weighted by atomic mass is 9.74. The Morgan fingerprint density at radius 2 is 1.04 bits per heavy atom. The summed E-state index contributed by atoms with van der Waals surface area (Å²) in [4.78, 5) is 0. The molecule has 0 aromatic heterocycles. The molecule has 0 N–H and O–H groups in total. The van der Waals surface area contributed by atoms with E-state index in [1.807, 2.05) is 0 Å². The fourth-order valence-corrected chi connectivity index (χ4v) is 6.17. The van der Waals surface area contributed by atoms with Crippen LogP contribution in [0.25, 0.3) is 0 Å². The molecule has 2 aliphatic rings. The SMILES string of the molecule is CCCCCCC1CCCCC1CCCCC[N+]1(CCCCC)CCCC1. The van der Waals surface area contributed by atoms with E-state index in [4.69, 9.17) is 0 Å². The zero-order valence-electron chi connectivity index (χ0n) is 19.2. The van der Waals surface area contributed by atoms with Gasteiger partial charge in [0.1, 0.15) is 0 Å². The predicted octanol–water partition coefficient (Wildman–Crippen LogP) is 8.12. The number of likely N-dealkylation sites (tertiary alicyclic amines) is 1. The Morgan fingerprint density at radius 3 is 1.59 bits per heavy atom. The standard InChI is InChI=1S/C26H52N/c1-3-5-7-9-17-25-19-11-12-20-26(25)18-10-8-14-22-27(21-13-6-4-2)23-15-16-24-27/h25-26H,3-24H2,1-2H3/q+1. The molecule has 1 aliphatic carbocycles. The van der Waals surface area contributed by atoms with Crippen molar-refractivity contribution < 1.29 is 4.48 Å². The van der Waals surface area contributed by atoms with Crippen molar-refractivity contribution in [2.75, 3.05) is 26.2 Å². The van der Waals surface area contributed by atoms with Crippen LogP contribution in [-0.2, 0) is 0 Å². The van der Waals surface area contributed by atoms with Crippen molar-refractivity contribution in [3.8, 4) is 0 Å². The minimum Gasteiger partial charge on any atom is -0.324 e. The Morgan fingerprint density at radius 1 is 0.556 bits per heavy atom. The Kier molecular flexibility index (Phi) is 12.1. The van der Waals surface area contributed by atoms with Crippen molar-refractivity contribution in [2.45, 2.75) is 129 Å². The molecule has 1 nitrogen and oxygen atoms in total. The highest BCUT2D eigenvalue weighted by atomic mass is 15.4. The third-order valence-corrected chi connectivity index (χ3v) is 7.95. The summed E-state index contributed by atoms with van der Waals surface area (Å²) in [6.07, 6.45) is 26.9. The van der Waals surface area contributed by atoms with E-state index in [-0.39, 0.29) is 0 Å². The average Bonchev–Trinajstić information content (AvgIpc) is 3.15. The second-order valence-electron chi connectivity index (χ2n) is 10.2. The van der Waals surface area contributed by atoms with Gasteiger partial charge < -0.3 is 4.48 Å². The quantitative estimate of drug-likeness (QED) is 0.199. The van der Waals surface area contributed by atoms with Crippen molar-refractivity contribution in [3.63, 3.8) is 0 Å². The van der Waals surface area contributed by atoms with Crippen LogP contribution in [0, 0.1) is 11.8 Å². The Balaban J connectivity index is 1.60. The van der Waals surface area contributed by atoms with Crippen molar-refractivity contribution in [2.24, 2.45) is 11.8 Å². The first-order chi connectivity index (χ1) is 13.3. The molecule has 1 heteroatoms. The summed E-state index contributed by atoms with van der Waals surface area (Å²) in [7, 11) is 0. The van der Waals surface area contributed by atoms with Gasteiger partial charge in [0.05, 0.1) is 26.2 Å². The van der Waals surface area contributed by atoms with E-state index >= 15 is 0 Å². The van der Waals surface area contributed by atoms with Gasteiger partial charge in [0, 0.05) is 12.8 Å². The number of hydrogen-bond acceptors (Lipinski definition) is 0. The van der Waals surface area contributed by atoms with Gasteiger partial charge in [-0.15, -0.1) is 0 Å². The molecule has 1 saturated heterocycles. The Hall–Kier alpha value is -0.0400. The highest BCUT2D eigenvalue weighted by molar-refractivity contribution is 4.75. The smallest absolute Gasteiger partial charge is 0.0788 e. The van der Waals surface area contributed by atoms with E-state index < -0.39 is 0 Å². The molecule has 1 saturated carbocycles. The predicted molar refractivity (Wildman–Crippen MR) is 121 cm³/mol. The van der Waals surface area contributed by atoms with Crippen LogP contribution in [0.15, 0.2) is 0 Å². The summed E-state index contributed by atoms with van der Waals surface area (Å²) in [6, 6.07) is 0. The van der Waals surface area contributed by atoms with Crippen LogP contribution in [0.2, 0.25) is 0 Å². The fraction of sp³-hybridized carbons (Fsp3) is 1.00. The molecule has 2 atom stereocenters. The van der Waals surface area contributed by atoms with Gasteiger partial charge in [-0.1, -0.05) is 90.9 Å². The van der Waals surface area contributed by atoms with Crippen molar-refractivity contribution in [1.82, 2.24) is 0 Å². The van der Waals surface area contributed by atoms with Crippen molar-refractivity contribution in [1.29, 1.82) is 0 Å². The van der Waals surface area contributed by atoms with Gasteiger partial charge in [0.15, 0.2) is 0 Å². The van der Waals surface area contributed by atoms with Crippen LogP contribution in [0.5, 0.6) is 0 Å². The zero-order chi connectivity index (χ0) is 19.2. The number of unbranched alkanes of at least 4 members (excludes halogenated alkanes) is 7. The molecule has 0 spiro atoms. The number of rotatable bonds is 15. The molecular formula is C26H52N+. The lowest BCUT2D eigenvalue weighted by Crippen LogP contribution is -2.46. The normalized spacial score (nSPS) is 25.1. The summed E-state index contributed by atoms with van der Waals surface area (Å²) in [6.45, 7) is 10.6. The second-order valence-corrected chi connectivity index (χ2v) is 10.2. The molecule has 1 aliphatic heterocycles. The molecule has 1 heterocycles. The third kappa shape index (κ3) is 8.88. The van der Waals surface area contributed by atoms with Crippen LogP contribution in [0.3, 0.4) is 0 Å². The van der Waals surface area contributed by atoms with Gasteiger partial charge in [-0.05, 0) is 37.5 Å². The van der Waals surface area contributed by atoms with Crippen LogP contribution in [-0.4, -0.2) is 30.7 Å². The summed E-state index contributed by atoms with van der Waals surface area (Å²) in [5.41, 5.74) is 0. The summed E-state index contributed by atoms with van der Waals surface area (Å²) in [5.74, 6) is 2.17. The van der Waals surface area contributed by atoms with E-state index in [1.54, 1.807) is 25.7 Å². The van der Waals surface area contributed by atoms with Gasteiger partial charge in [-0.2, -0.15) is 0 Å². The van der Waals surface area contributed by atoms with Crippen LogP contribution in [0.1, 0.15) is 129 Å². The summed E-state index contributed by atoms with van der Waals surface area (Å²) >= 11 is 0. The van der Waals surface area contributed by atoms with Gasteiger partial charge >= 0.3 is 0 Å². The highest BCUT2D eigenvalue weighted by Crippen LogP contribution is 2.37. The van der Waals surface area contributed by atoms with Crippen molar-refractivity contribution in [3.05, 3.63) is 0 Å². The van der Waals surface area contributed by atoms with Gasteiger partial charge in [-0.25, -0.2) is 0 Å². The average molecular weight is 379 g/mol. The fourth-order valence-electron chi connectivity index (χ4n) is 6.17. The van der Waals surface area contributed by atoms with E-state index in [9.17, 15) is 0 Å². The first-order valence-electron chi connectivity index (χ1n) is 13.1. The Labute approximate surface area is 172 Å². The minimum atomic E-state index is 1.08. The number of nitrogens with zero attached hydrogens (tertiary/aromatic N) is 1. The van der Waals surface area contributed by atoms with Crippen LogP contribution in [0.4, 0.5) is 0 Å². The van der Waals surface area contributed by atoms with Gasteiger partial charge in [0.25, 0.3) is 0 Å². The minimum absolute atomic E-state index is 1.08. The molecule has 27 heavy (non-hydrogen) atoms. The summed E-state index contributed by atoms with van der Waals surface area (Å²) in [5, 5.41) is 0. The number of quaternary nitrogens is 1. The van der Waals surface area contributed by atoms with E-state index in [0.717, 1.165) is 11.8 Å². The number of hydrogen-bond donors (Lipinski definition) is 0. The van der Waals surface area contributed by atoms with E-state index in [0.29, 0.717) is 0 Å². The monoisotopic (exact) mass is 378 g/mol. The molecule has 0 amide bonds. The zero-order valence-corrected chi connectivity index (χ0v) is 19.2. The molecule has 2 unspecified atom stereocenters. The van der Waals surface area contributed by atoms with Crippen molar-refractivity contribution >= 4 is 0 Å².